The molecular weight excluding hydrogens is 304 g/mol. The Kier molecular flexibility index (Phi) is 5.65. The van der Waals surface area contributed by atoms with Gasteiger partial charge in [-0.2, -0.15) is 0 Å². The third-order valence-electron chi connectivity index (χ3n) is 1.79. The highest BCUT2D eigenvalue weighted by molar-refractivity contribution is 6.67. The van der Waals surface area contributed by atoms with E-state index in [1.54, 1.807) is 0 Å². The molecule has 1 rings (SSSR count). The molecule has 0 aliphatic rings. The smallest absolute Gasteiger partial charge is 0.352 e. The number of hydrogen-bond donors (Lipinski definition) is 0. The summed E-state index contributed by atoms with van der Waals surface area (Å²) in [7, 11) is 0. The van der Waals surface area contributed by atoms with Gasteiger partial charge in [-0.25, -0.2) is 4.79 Å². The first-order valence-corrected chi connectivity index (χ1v) is 5.80. The lowest BCUT2D eigenvalue weighted by molar-refractivity contribution is -0.162. The van der Waals surface area contributed by atoms with Crippen LogP contribution in [0.5, 0.6) is 0 Å². The van der Waals surface area contributed by atoms with Crippen LogP contribution < -0.4 is 0 Å². The van der Waals surface area contributed by atoms with Crippen LogP contribution in [0, 0.1) is 0 Å². The monoisotopic (exact) mass is 311 g/mol. The molecule has 1 unspecified atom stereocenters. The van der Waals surface area contributed by atoms with Crippen molar-refractivity contribution < 1.29 is 19.1 Å². The SMILES string of the molecule is O=COC(C(=O)OCC(Cl)(Cl)Cl)c1ccncc1. The number of pyridine rings is 1. The molecule has 1 aromatic rings. The molecular formula is C10H8Cl3NO4. The molecule has 0 amide bonds. The molecule has 0 N–H and O–H groups in total. The Balaban J connectivity index is 2.73. The molecule has 0 bridgehead atoms. The predicted octanol–water partition coefficient (Wildman–Crippen LogP) is 2.21. The quantitative estimate of drug-likeness (QED) is 0.474. The van der Waals surface area contributed by atoms with E-state index in [0.29, 0.717) is 5.56 Å². The fraction of sp³-hybridized carbons (Fsp3) is 0.300. The van der Waals surface area contributed by atoms with E-state index in [0.717, 1.165) is 0 Å². The summed E-state index contributed by atoms with van der Waals surface area (Å²) < 4.78 is 7.66. The molecule has 8 heteroatoms. The van der Waals surface area contributed by atoms with Crippen LogP contribution in [0.3, 0.4) is 0 Å². The van der Waals surface area contributed by atoms with Crippen molar-refractivity contribution in [2.75, 3.05) is 6.61 Å². The van der Waals surface area contributed by atoms with Gasteiger partial charge >= 0.3 is 5.97 Å². The number of carbonyl (C=O) groups excluding carboxylic acids is 2. The highest BCUT2D eigenvalue weighted by Crippen LogP contribution is 2.27. The van der Waals surface area contributed by atoms with E-state index in [-0.39, 0.29) is 6.47 Å². The summed E-state index contributed by atoms with van der Waals surface area (Å²) in [5.74, 6) is -0.834. The molecule has 0 fully saturated rings. The Hall–Kier alpha value is -1.04. The highest BCUT2D eigenvalue weighted by atomic mass is 35.6. The Labute approximate surface area is 118 Å². The predicted molar refractivity (Wildman–Crippen MR) is 65.4 cm³/mol. The first kappa shape index (κ1) is 15.0. The normalized spacial score (nSPS) is 12.6. The number of hydrogen-bond acceptors (Lipinski definition) is 5. The van der Waals surface area contributed by atoms with E-state index in [2.05, 4.69) is 9.72 Å². The molecule has 1 aromatic heterocycles. The molecule has 0 aliphatic heterocycles. The molecule has 1 atom stereocenters. The zero-order valence-electron chi connectivity index (χ0n) is 8.89. The molecule has 0 saturated heterocycles. The van der Waals surface area contributed by atoms with Crippen molar-refractivity contribution in [2.45, 2.75) is 9.90 Å². The van der Waals surface area contributed by atoms with Gasteiger partial charge in [0, 0.05) is 18.0 Å². The molecule has 98 valence electrons. The lowest BCUT2D eigenvalue weighted by Crippen LogP contribution is -2.23. The molecule has 18 heavy (non-hydrogen) atoms. The summed E-state index contributed by atoms with van der Waals surface area (Å²) in [6, 6.07) is 3.01. The Morgan fingerprint density at radius 2 is 2.00 bits per heavy atom. The van der Waals surface area contributed by atoms with E-state index in [1.165, 1.54) is 24.5 Å². The van der Waals surface area contributed by atoms with Gasteiger partial charge in [0.2, 0.25) is 9.90 Å². The van der Waals surface area contributed by atoms with Crippen LogP contribution in [0.1, 0.15) is 11.7 Å². The van der Waals surface area contributed by atoms with E-state index in [4.69, 9.17) is 39.5 Å². The number of esters is 1. The largest absolute Gasteiger partial charge is 0.458 e. The third-order valence-corrected chi connectivity index (χ3v) is 2.12. The van der Waals surface area contributed by atoms with Gasteiger partial charge in [0.1, 0.15) is 6.61 Å². The number of aromatic nitrogens is 1. The number of carbonyl (C=O) groups is 2. The van der Waals surface area contributed by atoms with Crippen LogP contribution in [-0.2, 0) is 19.1 Å². The number of alkyl halides is 3. The average molecular weight is 313 g/mol. The minimum Gasteiger partial charge on any atom is -0.458 e. The lowest BCUT2D eigenvalue weighted by Gasteiger charge is -2.16. The maximum absolute atomic E-state index is 11.7. The number of nitrogens with zero attached hydrogens (tertiary/aromatic N) is 1. The van der Waals surface area contributed by atoms with Crippen molar-refractivity contribution in [3.8, 4) is 0 Å². The van der Waals surface area contributed by atoms with Gasteiger partial charge < -0.3 is 9.47 Å². The van der Waals surface area contributed by atoms with E-state index < -0.39 is 22.5 Å². The molecule has 0 aliphatic carbocycles. The van der Waals surface area contributed by atoms with Crippen LogP contribution in [0.15, 0.2) is 24.5 Å². The van der Waals surface area contributed by atoms with Crippen molar-refractivity contribution in [3.63, 3.8) is 0 Å². The van der Waals surface area contributed by atoms with Crippen LogP contribution in [0.25, 0.3) is 0 Å². The summed E-state index contributed by atoms with van der Waals surface area (Å²) in [5.41, 5.74) is 0.409. The van der Waals surface area contributed by atoms with Crippen molar-refractivity contribution in [2.24, 2.45) is 0 Å². The van der Waals surface area contributed by atoms with Gasteiger partial charge in [0.05, 0.1) is 0 Å². The van der Waals surface area contributed by atoms with Crippen molar-refractivity contribution >= 4 is 47.2 Å². The van der Waals surface area contributed by atoms with Crippen LogP contribution in [-0.4, -0.2) is 27.8 Å². The average Bonchev–Trinajstić information content (AvgIpc) is 2.33. The maximum atomic E-state index is 11.7. The highest BCUT2D eigenvalue weighted by Gasteiger charge is 2.28. The minimum absolute atomic E-state index is 0.141. The molecule has 0 spiro atoms. The minimum atomic E-state index is -1.72. The first-order chi connectivity index (χ1) is 8.44. The van der Waals surface area contributed by atoms with Crippen LogP contribution in [0.4, 0.5) is 0 Å². The zero-order valence-corrected chi connectivity index (χ0v) is 11.2. The van der Waals surface area contributed by atoms with Gasteiger partial charge in [0.15, 0.2) is 0 Å². The third kappa shape index (κ3) is 5.08. The number of ether oxygens (including phenoxy) is 2. The van der Waals surface area contributed by atoms with Gasteiger partial charge in [-0.15, -0.1) is 0 Å². The lowest BCUT2D eigenvalue weighted by atomic mass is 10.1. The van der Waals surface area contributed by atoms with Gasteiger partial charge in [-0.1, -0.05) is 34.8 Å². The van der Waals surface area contributed by atoms with E-state index in [9.17, 15) is 9.59 Å². The standard InChI is InChI=1S/C10H8Cl3NO4/c11-10(12,13)5-17-9(16)8(18-6-15)7-1-3-14-4-2-7/h1-4,6,8H,5H2. The summed E-state index contributed by atoms with van der Waals surface area (Å²) in [5, 5.41) is 0. The molecule has 1 heterocycles. The summed E-state index contributed by atoms with van der Waals surface area (Å²) in [6.45, 7) is -0.304. The second kappa shape index (κ2) is 6.78. The summed E-state index contributed by atoms with van der Waals surface area (Å²) >= 11 is 16.3. The molecule has 0 aromatic carbocycles. The zero-order chi connectivity index (χ0) is 13.6. The molecule has 0 radical (unpaired) electrons. The Morgan fingerprint density at radius 1 is 1.39 bits per heavy atom. The molecule has 5 nitrogen and oxygen atoms in total. The van der Waals surface area contributed by atoms with Crippen LogP contribution >= 0.6 is 34.8 Å². The topological polar surface area (TPSA) is 65.5 Å². The van der Waals surface area contributed by atoms with Crippen LogP contribution in [0.2, 0.25) is 0 Å². The fourth-order valence-corrected chi connectivity index (χ4v) is 1.26. The number of rotatable bonds is 5. The second-order valence-corrected chi connectivity index (χ2v) is 5.63. The van der Waals surface area contributed by atoms with Gasteiger partial charge in [0.25, 0.3) is 6.47 Å². The van der Waals surface area contributed by atoms with Gasteiger partial charge in [-0.05, 0) is 12.1 Å². The maximum Gasteiger partial charge on any atom is 0.352 e. The summed E-state index contributed by atoms with van der Waals surface area (Å²) in [6.07, 6.45) is 1.68. The van der Waals surface area contributed by atoms with E-state index >= 15 is 0 Å². The first-order valence-electron chi connectivity index (χ1n) is 4.66. The Morgan fingerprint density at radius 3 is 2.50 bits per heavy atom. The molecule has 0 saturated carbocycles. The fourth-order valence-electron chi connectivity index (χ4n) is 1.09. The van der Waals surface area contributed by atoms with Crippen molar-refractivity contribution in [3.05, 3.63) is 30.1 Å². The summed E-state index contributed by atoms with van der Waals surface area (Å²) in [4.78, 5) is 25.8. The second-order valence-electron chi connectivity index (χ2n) is 3.12. The van der Waals surface area contributed by atoms with Crippen molar-refractivity contribution in [1.29, 1.82) is 0 Å². The van der Waals surface area contributed by atoms with Gasteiger partial charge in [-0.3, -0.25) is 9.78 Å². The van der Waals surface area contributed by atoms with E-state index in [1.807, 2.05) is 0 Å². The number of halogens is 3. The van der Waals surface area contributed by atoms with Crippen molar-refractivity contribution in [1.82, 2.24) is 4.98 Å². The Bertz CT molecular complexity index is 407.